The van der Waals surface area contributed by atoms with Crippen LogP contribution >= 0.6 is 0 Å². The van der Waals surface area contributed by atoms with Gasteiger partial charge in [-0.15, -0.1) is 0 Å². The maximum absolute atomic E-state index is 5.74. The van der Waals surface area contributed by atoms with Gasteiger partial charge in [-0.05, 0) is 24.3 Å². The van der Waals surface area contributed by atoms with Crippen LogP contribution in [0.2, 0.25) is 0 Å². The first-order valence-corrected chi connectivity index (χ1v) is 7.58. The Bertz CT molecular complexity index is 993. The van der Waals surface area contributed by atoms with Crippen LogP contribution in [-0.4, -0.2) is 27.0 Å². The van der Waals surface area contributed by atoms with E-state index in [0.717, 1.165) is 33.7 Å². The molecule has 0 fully saturated rings. The van der Waals surface area contributed by atoms with E-state index < -0.39 is 0 Å². The predicted octanol–water partition coefficient (Wildman–Crippen LogP) is 3.37. The number of aromatic amines is 1. The summed E-state index contributed by atoms with van der Waals surface area (Å²) in [5.41, 5.74) is 10.4. The highest BCUT2D eigenvalue weighted by Gasteiger charge is 2.16. The van der Waals surface area contributed by atoms with E-state index >= 15 is 0 Å². The fourth-order valence-corrected chi connectivity index (χ4v) is 2.84. The lowest BCUT2D eigenvalue weighted by Crippen LogP contribution is -2.10. The van der Waals surface area contributed by atoms with Crippen molar-refractivity contribution >= 4 is 28.4 Å². The van der Waals surface area contributed by atoms with Crippen molar-refractivity contribution in [1.29, 1.82) is 0 Å². The van der Waals surface area contributed by atoms with Crippen LogP contribution < -0.4 is 10.6 Å². The van der Waals surface area contributed by atoms with E-state index in [9.17, 15) is 0 Å². The van der Waals surface area contributed by atoms with Gasteiger partial charge in [-0.1, -0.05) is 18.2 Å². The normalized spacial score (nSPS) is 10.9. The number of fused-ring (bicyclic) bond motifs is 1. The minimum atomic E-state index is 0.253. The maximum atomic E-state index is 5.74. The molecule has 0 unspecified atom stereocenters. The monoisotopic (exact) mass is 316 g/mol. The quantitative estimate of drug-likeness (QED) is 0.605. The van der Waals surface area contributed by atoms with E-state index in [1.807, 2.05) is 43.6 Å². The number of hydrogen-bond donors (Lipinski definition) is 2. The van der Waals surface area contributed by atoms with Crippen LogP contribution in [0.15, 0.2) is 61.1 Å². The molecule has 24 heavy (non-hydrogen) atoms. The average molecular weight is 316 g/mol. The van der Waals surface area contributed by atoms with Crippen molar-refractivity contribution < 1.29 is 0 Å². The second-order valence-electron chi connectivity index (χ2n) is 5.45. The van der Waals surface area contributed by atoms with Gasteiger partial charge in [0, 0.05) is 36.9 Å². The van der Waals surface area contributed by atoms with E-state index in [2.05, 4.69) is 37.0 Å². The molecule has 118 valence electrons. The molecule has 0 bridgehead atoms. The van der Waals surface area contributed by atoms with E-state index in [0.29, 0.717) is 0 Å². The van der Waals surface area contributed by atoms with Gasteiger partial charge in [-0.3, -0.25) is 0 Å². The first-order valence-electron chi connectivity index (χ1n) is 7.58. The Morgan fingerprint density at radius 3 is 2.58 bits per heavy atom. The summed E-state index contributed by atoms with van der Waals surface area (Å²) in [7, 11) is 2.04. The van der Waals surface area contributed by atoms with Gasteiger partial charge in [0.05, 0.1) is 16.8 Å². The smallest absolute Gasteiger partial charge is 0.220 e. The van der Waals surface area contributed by atoms with Crippen LogP contribution in [0.1, 0.15) is 0 Å². The van der Waals surface area contributed by atoms with Gasteiger partial charge in [0.1, 0.15) is 5.65 Å². The standard InChI is InChI=1S/C18H16N6/c1-24(12-5-3-2-4-6-12)15-8-10-20-17-16(15)13(11-22-17)14-7-9-21-18(19)23-14/h2-11H,1H3,(H,20,22)(H2,19,21,23). The number of nitrogens with one attached hydrogen (secondary N) is 1. The molecular formula is C18H16N6. The summed E-state index contributed by atoms with van der Waals surface area (Å²) < 4.78 is 0. The van der Waals surface area contributed by atoms with E-state index in [1.54, 1.807) is 12.4 Å². The number of H-pyrrole nitrogens is 1. The minimum absolute atomic E-state index is 0.253. The van der Waals surface area contributed by atoms with Crippen LogP contribution in [0.25, 0.3) is 22.3 Å². The van der Waals surface area contributed by atoms with Crippen LogP contribution in [0.3, 0.4) is 0 Å². The van der Waals surface area contributed by atoms with Crippen molar-refractivity contribution in [1.82, 2.24) is 19.9 Å². The van der Waals surface area contributed by atoms with Gasteiger partial charge < -0.3 is 15.6 Å². The number of nitrogen functional groups attached to an aromatic ring is 1. The first-order chi connectivity index (χ1) is 11.7. The summed E-state index contributed by atoms with van der Waals surface area (Å²) in [6, 6.07) is 14.0. The molecule has 6 heteroatoms. The highest BCUT2D eigenvalue weighted by atomic mass is 15.1. The third kappa shape index (κ3) is 2.34. The number of nitrogens with two attached hydrogens (primary N) is 1. The van der Waals surface area contributed by atoms with Crippen molar-refractivity contribution in [3.05, 3.63) is 61.1 Å². The zero-order valence-corrected chi connectivity index (χ0v) is 13.1. The Labute approximate surface area is 139 Å². The molecular weight excluding hydrogens is 300 g/mol. The Kier molecular flexibility index (Phi) is 3.35. The first kappa shape index (κ1) is 14.2. The van der Waals surface area contributed by atoms with Crippen LogP contribution in [0.4, 0.5) is 17.3 Å². The topological polar surface area (TPSA) is 83.7 Å². The fourth-order valence-electron chi connectivity index (χ4n) is 2.84. The Hall–Kier alpha value is -3.41. The predicted molar refractivity (Wildman–Crippen MR) is 96.0 cm³/mol. The second kappa shape index (κ2) is 5.66. The molecule has 4 aromatic rings. The maximum Gasteiger partial charge on any atom is 0.220 e. The molecule has 0 saturated carbocycles. The summed E-state index contributed by atoms with van der Waals surface area (Å²) in [6.07, 6.45) is 5.36. The van der Waals surface area contributed by atoms with E-state index in [-0.39, 0.29) is 5.95 Å². The molecule has 1 aromatic carbocycles. The van der Waals surface area contributed by atoms with Crippen molar-refractivity contribution in [2.45, 2.75) is 0 Å². The molecule has 3 N–H and O–H groups in total. The van der Waals surface area contributed by atoms with Crippen molar-refractivity contribution in [2.24, 2.45) is 0 Å². The van der Waals surface area contributed by atoms with Gasteiger partial charge in [-0.25, -0.2) is 15.0 Å². The van der Waals surface area contributed by atoms with E-state index in [1.165, 1.54) is 0 Å². The molecule has 4 rings (SSSR count). The van der Waals surface area contributed by atoms with Crippen molar-refractivity contribution in [3.8, 4) is 11.3 Å². The van der Waals surface area contributed by atoms with Crippen molar-refractivity contribution in [2.75, 3.05) is 17.7 Å². The summed E-state index contributed by atoms with van der Waals surface area (Å²) >= 11 is 0. The zero-order chi connectivity index (χ0) is 16.5. The molecule has 0 saturated heterocycles. The van der Waals surface area contributed by atoms with Gasteiger partial charge >= 0.3 is 0 Å². The largest absolute Gasteiger partial charge is 0.368 e. The van der Waals surface area contributed by atoms with Gasteiger partial charge in [0.2, 0.25) is 5.95 Å². The summed E-state index contributed by atoms with van der Waals surface area (Å²) in [6.45, 7) is 0. The lowest BCUT2D eigenvalue weighted by Gasteiger charge is -2.20. The summed E-state index contributed by atoms with van der Waals surface area (Å²) in [5, 5.41) is 1.00. The average Bonchev–Trinajstić information content (AvgIpc) is 3.06. The number of rotatable bonds is 3. The SMILES string of the molecule is CN(c1ccccc1)c1ccnc2[nH]cc(-c3ccnc(N)n3)c12. The van der Waals surface area contributed by atoms with Crippen LogP contribution in [0, 0.1) is 0 Å². The third-order valence-electron chi connectivity index (χ3n) is 4.01. The number of aromatic nitrogens is 4. The van der Waals surface area contributed by atoms with E-state index in [4.69, 9.17) is 5.73 Å². The molecule has 0 spiro atoms. The fraction of sp³-hybridized carbons (Fsp3) is 0.0556. The summed E-state index contributed by atoms with van der Waals surface area (Å²) in [4.78, 5) is 18.1. The lowest BCUT2D eigenvalue weighted by molar-refractivity contribution is 1.19. The number of anilines is 3. The molecule has 0 amide bonds. The Morgan fingerprint density at radius 2 is 1.79 bits per heavy atom. The number of pyridine rings is 1. The van der Waals surface area contributed by atoms with Crippen molar-refractivity contribution in [3.63, 3.8) is 0 Å². The number of benzene rings is 1. The van der Waals surface area contributed by atoms with Gasteiger partial charge in [0.15, 0.2) is 0 Å². The van der Waals surface area contributed by atoms with Gasteiger partial charge in [0.25, 0.3) is 0 Å². The number of para-hydroxylation sites is 1. The molecule has 6 nitrogen and oxygen atoms in total. The molecule has 3 aromatic heterocycles. The molecule has 0 atom stereocenters. The number of hydrogen-bond acceptors (Lipinski definition) is 5. The molecule has 0 aliphatic rings. The zero-order valence-electron chi connectivity index (χ0n) is 13.1. The highest BCUT2D eigenvalue weighted by molar-refractivity contribution is 6.03. The molecule has 0 aliphatic heterocycles. The lowest BCUT2D eigenvalue weighted by atomic mass is 10.1. The Balaban J connectivity index is 1.92. The Morgan fingerprint density at radius 1 is 1.00 bits per heavy atom. The third-order valence-corrected chi connectivity index (χ3v) is 4.01. The second-order valence-corrected chi connectivity index (χ2v) is 5.45. The minimum Gasteiger partial charge on any atom is -0.368 e. The molecule has 0 aliphatic carbocycles. The molecule has 0 radical (unpaired) electrons. The van der Waals surface area contributed by atoms with Gasteiger partial charge in [-0.2, -0.15) is 0 Å². The number of nitrogens with zero attached hydrogens (tertiary/aromatic N) is 4. The van der Waals surface area contributed by atoms with Crippen LogP contribution in [-0.2, 0) is 0 Å². The molecule has 3 heterocycles. The highest BCUT2D eigenvalue weighted by Crippen LogP contribution is 2.36. The van der Waals surface area contributed by atoms with Crippen LogP contribution in [0.5, 0.6) is 0 Å². The summed E-state index contributed by atoms with van der Waals surface area (Å²) in [5.74, 6) is 0.253.